The number of rotatable bonds is 2. The zero-order valence-corrected chi connectivity index (χ0v) is 10.6. The fraction of sp³-hybridized carbons (Fsp3) is 0. The lowest BCUT2D eigenvalue weighted by atomic mass is 10.1. The number of Topliss-reactive ketones (excluding diaryl/α,β-unsaturated/α-hetero) is 1. The van der Waals surface area contributed by atoms with Crippen LogP contribution in [-0.4, -0.2) is 15.8 Å². The number of aromatic hydroxyl groups is 1. The number of phenols is 1. The first-order chi connectivity index (χ1) is 10.1. The van der Waals surface area contributed by atoms with Gasteiger partial charge in [-0.05, 0) is 35.9 Å². The van der Waals surface area contributed by atoms with Crippen LogP contribution in [0.25, 0.3) is 6.08 Å². The third-order valence-electron chi connectivity index (χ3n) is 3.08. The van der Waals surface area contributed by atoms with Crippen molar-refractivity contribution in [3.05, 3.63) is 69.5 Å². The van der Waals surface area contributed by atoms with Gasteiger partial charge in [0.1, 0.15) is 17.1 Å². The Morgan fingerprint density at radius 3 is 2.48 bits per heavy atom. The number of ketones is 1. The van der Waals surface area contributed by atoms with Gasteiger partial charge in [-0.2, -0.15) is 0 Å². The smallest absolute Gasteiger partial charge is 0.269 e. The minimum atomic E-state index is -0.498. The van der Waals surface area contributed by atoms with Crippen molar-refractivity contribution in [2.45, 2.75) is 0 Å². The largest absolute Gasteiger partial charge is 0.507 e. The lowest BCUT2D eigenvalue weighted by Gasteiger charge is -1.98. The second-order valence-electron chi connectivity index (χ2n) is 4.44. The summed E-state index contributed by atoms with van der Waals surface area (Å²) in [4.78, 5) is 22.2. The number of benzene rings is 2. The lowest BCUT2D eigenvalue weighted by molar-refractivity contribution is -0.384. The van der Waals surface area contributed by atoms with Crippen LogP contribution < -0.4 is 4.74 Å². The highest BCUT2D eigenvalue weighted by Gasteiger charge is 2.30. The number of nitro benzene ring substituents is 1. The zero-order chi connectivity index (χ0) is 15.0. The van der Waals surface area contributed by atoms with Gasteiger partial charge in [-0.1, -0.05) is 6.07 Å². The van der Waals surface area contributed by atoms with Gasteiger partial charge in [-0.3, -0.25) is 14.9 Å². The number of non-ortho nitro benzene ring substituents is 1. The molecule has 0 radical (unpaired) electrons. The van der Waals surface area contributed by atoms with Crippen molar-refractivity contribution >= 4 is 17.5 Å². The van der Waals surface area contributed by atoms with E-state index in [1.165, 1.54) is 36.4 Å². The van der Waals surface area contributed by atoms with Gasteiger partial charge in [0.2, 0.25) is 5.78 Å². The molecule has 6 nitrogen and oxygen atoms in total. The molecule has 6 heteroatoms. The van der Waals surface area contributed by atoms with Gasteiger partial charge in [0.15, 0.2) is 5.76 Å². The second kappa shape index (κ2) is 4.75. The van der Waals surface area contributed by atoms with Crippen LogP contribution in [0, 0.1) is 10.1 Å². The molecular weight excluding hydrogens is 274 g/mol. The molecule has 2 aromatic carbocycles. The number of nitro groups is 1. The number of hydrogen-bond donors (Lipinski definition) is 1. The molecule has 3 rings (SSSR count). The van der Waals surface area contributed by atoms with Crippen LogP contribution in [-0.2, 0) is 0 Å². The Labute approximate surface area is 119 Å². The van der Waals surface area contributed by atoms with E-state index < -0.39 is 10.7 Å². The van der Waals surface area contributed by atoms with Gasteiger partial charge in [0.25, 0.3) is 5.69 Å². The van der Waals surface area contributed by atoms with E-state index in [0.717, 1.165) is 0 Å². The van der Waals surface area contributed by atoms with Crippen molar-refractivity contribution in [1.82, 2.24) is 0 Å². The molecule has 0 saturated heterocycles. The quantitative estimate of drug-likeness (QED) is 0.520. The van der Waals surface area contributed by atoms with Crippen LogP contribution >= 0.6 is 0 Å². The standard InChI is InChI=1S/C15H9NO5/c17-11-2-1-3-12-14(11)15(18)13(21-12)8-9-4-6-10(7-5-9)16(19)20/h1-8,17H/b13-8-. The summed E-state index contributed by atoms with van der Waals surface area (Å²) in [6, 6.07) is 10.3. The Morgan fingerprint density at radius 1 is 1.14 bits per heavy atom. The Balaban J connectivity index is 1.94. The van der Waals surface area contributed by atoms with Gasteiger partial charge < -0.3 is 9.84 Å². The lowest BCUT2D eigenvalue weighted by Crippen LogP contribution is -1.98. The molecule has 0 fully saturated rings. The Hall–Kier alpha value is -3.15. The van der Waals surface area contributed by atoms with Crippen LogP contribution in [0.2, 0.25) is 0 Å². The van der Waals surface area contributed by atoms with Crippen molar-refractivity contribution in [2.24, 2.45) is 0 Å². The average Bonchev–Trinajstić information content (AvgIpc) is 2.77. The van der Waals surface area contributed by atoms with Crippen molar-refractivity contribution in [1.29, 1.82) is 0 Å². The summed E-state index contributed by atoms with van der Waals surface area (Å²) in [5, 5.41) is 20.3. The van der Waals surface area contributed by atoms with Crippen molar-refractivity contribution in [3.8, 4) is 11.5 Å². The molecule has 21 heavy (non-hydrogen) atoms. The second-order valence-corrected chi connectivity index (χ2v) is 4.44. The fourth-order valence-electron chi connectivity index (χ4n) is 2.06. The summed E-state index contributed by atoms with van der Waals surface area (Å²) in [6.07, 6.45) is 1.48. The summed E-state index contributed by atoms with van der Waals surface area (Å²) in [6.45, 7) is 0. The molecule has 0 aromatic heterocycles. The monoisotopic (exact) mass is 283 g/mol. The maximum atomic E-state index is 12.1. The van der Waals surface area contributed by atoms with Crippen LogP contribution in [0.5, 0.6) is 11.5 Å². The molecule has 0 bridgehead atoms. The first kappa shape index (κ1) is 12.9. The highest BCUT2D eigenvalue weighted by Crippen LogP contribution is 2.37. The molecular formula is C15H9NO5. The maximum Gasteiger partial charge on any atom is 0.269 e. The first-order valence-electron chi connectivity index (χ1n) is 6.07. The molecule has 0 spiro atoms. The molecule has 0 amide bonds. The Bertz CT molecular complexity index is 777. The Kier molecular flexibility index (Phi) is 2.91. The number of hydrogen-bond acceptors (Lipinski definition) is 5. The number of carbonyl (C=O) groups is 1. The summed E-state index contributed by atoms with van der Waals surface area (Å²) < 4.78 is 5.40. The average molecular weight is 283 g/mol. The van der Waals surface area contributed by atoms with E-state index in [1.807, 2.05) is 0 Å². The normalized spacial score (nSPS) is 14.9. The predicted octanol–water partition coefficient (Wildman–Crippen LogP) is 2.92. The van der Waals surface area contributed by atoms with Gasteiger partial charge in [-0.15, -0.1) is 0 Å². The fourth-order valence-corrected chi connectivity index (χ4v) is 2.06. The number of ether oxygens (including phenoxy) is 1. The molecule has 104 valence electrons. The molecule has 0 atom stereocenters. The van der Waals surface area contributed by atoms with E-state index in [1.54, 1.807) is 12.1 Å². The predicted molar refractivity (Wildman–Crippen MR) is 74.1 cm³/mol. The minimum absolute atomic E-state index is 0.0308. The topological polar surface area (TPSA) is 89.7 Å². The highest BCUT2D eigenvalue weighted by atomic mass is 16.6. The van der Waals surface area contributed by atoms with Gasteiger partial charge in [-0.25, -0.2) is 0 Å². The zero-order valence-electron chi connectivity index (χ0n) is 10.6. The van der Waals surface area contributed by atoms with Crippen LogP contribution in [0.15, 0.2) is 48.2 Å². The maximum absolute atomic E-state index is 12.1. The molecule has 1 heterocycles. The third-order valence-corrected chi connectivity index (χ3v) is 3.08. The van der Waals surface area contributed by atoms with E-state index in [-0.39, 0.29) is 22.8 Å². The van der Waals surface area contributed by atoms with E-state index in [0.29, 0.717) is 11.3 Å². The van der Waals surface area contributed by atoms with E-state index in [4.69, 9.17) is 4.74 Å². The summed E-state index contributed by atoms with van der Waals surface area (Å²) in [7, 11) is 0. The molecule has 0 saturated carbocycles. The summed E-state index contributed by atoms with van der Waals surface area (Å²) >= 11 is 0. The molecule has 1 N–H and O–H groups in total. The van der Waals surface area contributed by atoms with E-state index in [9.17, 15) is 20.0 Å². The van der Waals surface area contributed by atoms with Crippen LogP contribution in [0.4, 0.5) is 5.69 Å². The summed E-state index contributed by atoms with van der Waals surface area (Å²) in [5.74, 6) is -0.181. The van der Waals surface area contributed by atoms with Crippen molar-refractivity contribution < 1.29 is 19.6 Å². The third kappa shape index (κ3) is 2.23. The van der Waals surface area contributed by atoms with Gasteiger partial charge in [0, 0.05) is 12.1 Å². The number of nitrogens with zero attached hydrogens (tertiary/aromatic N) is 1. The van der Waals surface area contributed by atoms with Crippen molar-refractivity contribution in [3.63, 3.8) is 0 Å². The van der Waals surface area contributed by atoms with Gasteiger partial charge in [0.05, 0.1) is 4.92 Å². The van der Waals surface area contributed by atoms with Crippen molar-refractivity contribution in [2.75, 3.05) is 0 Å². The number of phenolic OH excluding ortho intramolecular Hbond substituents is 1. The molecule has 2 aromatic rings. The number of fused-ring (bicyclic) bond motifs is 1. The molecule has 0 unspecified atom stereocenters. The van der Waals surface area contributed by atoms with E-state index >= 15 is 0 Å². The molecule has 1 aliphatic rings. The number of carbonyl (C=O) groups excluding carboxylic acids is 1. The van der Waals surface area contributed by atoms with Crippen LogP contribution in [0.1, 0.15) is 15.9 Å². The molecule has 1 aliphatic heterocycles. The van der Waals surface area contributed by atoms with Crippen LogP contribution in [0.3, 0.4) is 0 Å². The minimum Gasteiger partial charge on any atom is -0.507 e. The van der Waals surface area contributed by atoms with E-state index in [2.05, 4.69) is 0 Å². The molecule has 0 aliphatic carbocycles. The SMILES string of the molecule is O=C1/C(=C/c2ccc([N+](=O)[O-])cc2)Oc2cccc(O)c21. The van der Waals surface area contributed by atoms with Gasteiger partial charge >= 0.3 is 0 Å². The first-order valence-corrected chi connectivity index (χ1v) is 6.07. The summed E-state index contributed by atoms with van der Waals surface area (Å²) in [5.41, 5.74) is 0.693. The number of allylic oxidation sites excluding steroid dienone is 1. The Morgan fingerprint density at radius 2 is 1.86 bits per heavy atom. The highest BCUT2D eigenvalue weighted by molar-refractivity contribution is 6.16.